The highest BCUT2D eigenvalue weighted by Gasteiger charge is 2.16. The van der Waals surface area contributed by atoms with E-state index in [0.29, 0.717) is 18.0 Å². The molecule has 2 heterocycles. The van der Waals surface area contributed by atoms with E-state index >= 15 is 0 Å². The molecular formula is C11H17ClN4O. The van der Waals surface area contributed by atoms with Crippen LogP contribution in [0.25, 0.3) is 0 Å². The minimum absolute atomic E-state index is 0.192. The van der Waals surface area contributed by atoms with E-state index in [2.05, 4.69) is 10.4 Å². The monoisotopic (exact) mass is 256 g/mol. The number of carbonyl (C=O) groups excluding carboxylic acids is 1. The van der Waals surface area contributed by atoms with Crippen LogP contribution in [-0.4, -0.2) is 46.8 Å². The zero-order chi connectivity index (χ0) is 12.3. The third-order valence-corrected chi connectivity index (χ3v) is 3.42. The van der Waals surface area contributed by atoms with Gasteiger partial charge in [-0.05, 0) is 6.92 Å². The number of carbonyl (C=O) groups is 1. The van der Waals surface area contributed by atoms with Crippen LogP contribution in [0.15, 0.2) is 6.20 Å². The third-order valence-electron chi connectivity index (χ3n) is 3.05. The summed E-state index contributed by atoms with van der Waals surface area (Å²) in [6, 6.07) is 0. The molecule has 0 radical (unpaired) electrons. The molecule has 1 aliphatic rings. The van der Waals surface area contributed by atoms with Gasteiger partial charge in [-0.1, -0.05) is 11.6 Å². The van der Waals surface area contributed by atoms with Crippen LogP contribution in [0.4, 0.5) is 0 Å². The Morgan fingerprint density at radius 3 is 2.82 bits per heavy atom. The van der Waals surface area contributed by atoms with Crippen molar-refractivity contribution in [1.82, 2.24) is 20.0 Å². The van der Waals surface area contributed by atoms with Crippen LogP contribution in [0, 0.1) is 6.92 Å². The van der Waals surface area contributed by atoms with Crippen molar-refractivity contribution < 1.29 is 4.79 Å². The highest BCUT2D eigenvalue weighted by molar-refractivity contribution is 6.31. The fourth-order valence-corrected chi connectivity index (χ4v) is 2.06. The molecule has 2 rings (SSSR count). The molecule has 0 aromatic carbocycles. The first-order valence-corrected chi connectivity index (χ1v) is 6.22. The molecule has 1 amide bonds. The molecule has 1 aromatic rings. The number of amides is 1. The van der Waals surface area contributed by atoms with Crippen molar-refractivity contribution in [2.45, 2.75) is 19.9 Å². The Morgan fingerprint density at radius 2 is 2.24 bits per heavy atom. The number of aryl methyl sites for hydroxylation is 1. The third kappa shape index (κ3) is 2.98. The number of halogens is 1. The van der Waals surface area contributed by atoms with Gasteiger partial charge in [-0.15, -0.1) is 0 Å². The van der Waals surface area contributed by atoms with Gasteiger partial charge in [0.15, 0.2) is 0 Å². The molecule has 17 heavy (non-hydrogen) atoms. The summed E-state index contributed by atoms with van der Waals surface area (Å²) >= 11 is 5.91. The lowest BCUT2D eigenvalue weighted by Crippen LogP contribution is -2.46. The van der Waals surface area contributed by atoms with Gasteiger partial charge in [0.2, 0.25) is 5.91 Å². The van der Waals surface area contributed by atoms with Crippen LogP contribution in [0.2, 0.25) is 5.02 Å². The normalized spacial score (nSPS) is 16.2. The van der Waals surface area contributed by atoms with Gasteiger partial charge in [-0.2, -0.15) is 5.10 Å². The zero-order valence-corrected chi connectivity index (χ0v) is 10.7. The average molecular weight is 257 g/mol. The molecule has 1 aliphatic heterocycles. The quantitative estimate of drug-likeness (QED) is 0.865. The molecule has 1 aromatic heterocycles. The molecule has 0 saturated carbocycles. The predicted molar refractivity (Wildman–Crippen MR) is 66.0 cm³/mol. The van der Waals surface area contributed by atoms with E-state index in [1.54, 1.807) is 10.9 Å². The van der Waals surface area contributed by atoms with E-state index in [1.807, 2.05) is 11.8 Å². The van der Waals surface area contributed by atoms with Gasteiger partial charge in [0.05, 0.1) is 23.5 Å². The number of hydrogen-bond donors (Lipinski definition) is 1. The lowest BCUT2D eigenvalue weighted by atomic mass is 10.3. The van der Waals surface area contributed by atoms with Gasteiger partial charge in [-0.3, -0.25) is 9.48 Å². The zero-order valence-electron chi connectivity index (χ0n) is 9.95. The van der Waals surface area contributed by atoms with E-state index in [-0.39, 0.29) is 5.91 Å². The Labute approximate surface area is 106 Å². The number of nitrogens with zero attached hydrogens (tertiary/aromatic N) is 3. The average Bonchev–Trinajstić information content (AvgIpc) is 2.68. The molecule has 6 heteroatoms. The summed E-state index contributed by atoms with van der Waals surface area (Å²) in [7, 11) is 0. The highest BCUT2D eigenvalue weighted by Crippen LogP contribution is 2.13. The number of hydrogen-bond acceptors (Lipinski definition) is 3. The largest absolute Gasteiger partial charge is 0.340 e. The fraction of sp³-hybridized carbons (Fsp3) is 0.636. The van der Waals surface area contributed by atoms with Gasteiger partial charge in [-0.25, -0.2) is 0 Å². The molecule has 1 fully saturated rings. The van der Waals surface area contributed by atoms with Gasteiger partial charge in [0.1, 0.15) is 0 Å². The van der Waals surface area contributed by atoms with Gasteiger partial charge in [0.25, 0.3) is 0 Å². The molecule has 94 valence electrons. The van der Waals surface area contributed by atoms with Crippen LogP contribution in [-0.2, 0) is 11.3 Å². The Hall–Kier alpha value is -1.07. The Bertz CT molecular complexity index is 398. The number of rotatable bonds is 3. The number of nitrogens with one attached hydrogen (secondary N) is 1. The molecule has 0 unspecified atom stereocenters. The minimum Gasteiger partial charge on any atom is -0.340 e. The fourth-order valence-electron chi connectivity index (χ4n) is 1.92. The van der Waals surface area contributed by atoms with Crippen molar-refractivity contribution in [2.75, 3.05) is 26.2 Å². The van der Waals surface area contributed by atoms with Crippen LogP contribution in [0.5, 0.6) is 0 Å². The van der Waals surface area contributed by atoms with Crippen LogP contribution < -0.4 is 5.32 Å². The molecule has 0 aliphatic carbocycles. The molecule has 5 nitrogen and oxygen atoms in total. The summed E-state index contributed by atoms with van der Waals surface area (Å²) < 4.78 is 1.78. The van der Waals surface area contributed by atoms with Crippen LogP contribution in [0.3, 0.4) is 0 Å². The smallest absolute Gasteiger partial charge is 0.224 e. The van der Waals surface area contributed by atoms with E-state index in [1.165, 1.54) is 0 Å². The lowest BCUT2D eigenvalue weighted by Gasteiger charge is -2.27. The van der Waals surface area contributed by atoms with Crippen LogP contribution >= 0.6 is 11.6 Å². The molecule has 1 saturated heterocycles. The van der Waals surface area contributed by atoms with Crippen molar-refractivity contribution >= 4 is 17.5 Å². The first-order chi connectivity index (χ1) is 8.18. The van der Waals surface area contributed by atoms with Crippen molar-refractivity contribution in [3.8, 4) is 0 Å². The standard InChI is InChI=1S/C11H17ClN4O/c1-9-10(12)8-14-16(9)5-2-11(17)15-6-3-13-4-7-15/h8,13H,2-7H2,1H3. The maximum Gasteiger partial charge on any atom is 0.224 e. The number of piperazine rings is 1. The van der Waals surface area contributed by atoms with E-state index in [4.69, 9.17) is 11.6 Å². The molecule has 0 atom stereocenters. The highest BCUT2D eigenvalue weighted by atomic mass is 35.5. The van der Waals surface area contributed by atoms with E-state index < -0.39 is 0 Å². The summed E-state index contributed by atoms with van der Waals surface area (Å²) in [5, 5.41) is 8.01. The molecular weight excluding hydrogens is 240 g/mol. The predicted octanol–water partition coefficient (Wildman–Crippen LogP) is 0.667. The van der Waals surface area contributed by atoms with Crippen LogP contribution in [0.1, 0.15) is 12.1 Å². The Balaban J connectivity index is 1.85. The van der Waals surface area contributed by atoms with Gasteiger partial charge >= 0.3 is 0 Å². The summed E-state index contributed by atoms with van der Waals surface area (Å²) in [4.78, 5) is 13.8. The van der Waals surface area contributed by atoms with Crippen molar-refractivity contribution in [3.05, 3.63) is 16.9 Å². The first kappa shape index (κ1) is 12.4. The second-order valence-corrected chi connectivity index (χ2v) is 4.59. The lowest BCUT2D eigenvalue weighted by molar-refractivity contribution is -0.132. The second-order valence-electron chi connectivity index (χ2n) is 4.18. The summed E-state index contributed by atoms with van der Waals surface area (Å²) in [5.41, 5.74) is 0.916. The summed E-state index contributed by atoms with van der Waals surface area (Å²) in [6.07, 6.45) is 2.10. The van der Waals surface area contributed by atoms with Gasteiger partial charge < -0.3 is 10.2 Å². The van der Waals surface area contributed by atoms with E-state index in [0.717, 1.165) is 31.9 Å². The molecule has 0 bridgehead atoms. The second kappa shape index (κ2) is 5.51. The minimum atomic E-state index is 0.192. The maximum atomic E-state index is 11.9. The molecule has 1 N–H and O–H groups in total. The van der Waals surface area contributed by atoms with Crippen molar-refractivity contribution in [3.63, 3.8) is 0 Å². The first-order valence-electron chi connectivity index (χ1n) is 5.85. The van der Waals surface area contributed by atoms with Crippen molar-refractivity contribution in [2.24, 2.45) is 0 Å². The number of aromatic nitrogens is 2. The SMILES string of the molecule is Cc1c(Cl)cnn1CCC(=O)N1CCNCC1. The summed E-state index contributed by atoms with van der Waals surface area (Å²) in [6.45, 7) is 5.89. The maximum absolute atomic E-state index is 11.9. The van der Waals surface area contributed by atoms with E-state index in [9.17, 15) is 4.79 Å². The Morgan fingerprint density at radius 1 is 1.53 bits per heavy atom. The van der Waals surface area contributed by atoms with Gasteiger partial charge in [0, 0.05) is 32.6 Å². The Kier molecular flexibility index (Phi) is 4.02. The summed E-state index contributed by atoms with van der Waals surface area (Å²) in [5.74, 6) is 0.192. The topological polar surface area (TPSA) is 50.2 Å². The van der Waals surface area contributed by atoms with Crippen molar-refractivity contribution in [1.29, 1.82) is 0 Å². The molecule has 0 spiro atoms.